The van der Waals surface area contributed by atoms with Gasteiger partial charge in [0.2, 0.25) is 5.91 Å². The topological polar surface area (TPSA) is 107 Å². The number of nitrogens with one attached hydrogen (secondary N) is 2. The van der Waals surface area contributed by atoms with Crippen LogP contribution in [0.5, 0.6) is 0 Å². The van der Waals surface area contributed by atoms with E-state index < -0.39 is 29.2 Å². The molecule has 9 nitrogen and oxygen atoms in total. The summed E-state index contributed by atoms with van der Waals surface area (Å²) in [4.78, 5) is 25.7. The van der Waals surface area contributed by atoms with Gasteiger partial charge >= 0.3 is 6.09 Å². The summed E-state index contributed by atoms with van der Waals surface area (Å²) >= 11 is 8.67. The van der Waals surface area contributed by atoms with E-state index in [2.05, 4.69) is 43.4 Å². The maximum atomic E-state index is 13.3. The summed E-state index contributed by atoms with van der Waals surface area (Å²) < 4.78 is 13.7. The Morgan fingerprint density at radius 1 is 1.08 bits per heavy atom. The van der Waals surface area contributed by atoms with Crippen molar-refractivity contribution in [3.63, 3.8) is 0 Å². The molecule has 0 bridgehead atoms. The molecule has 2 heterocycles. The summed E-state index contributed by atoms with van der Waals surface area (Å²) in [6, 6.07) is 12.6. The first-order chi connectivity index (χ1) is 16.9. The molecule has 0 unspecified atom stereocenters. The maximum Gasteiger partial charge on any atom is 0.408 e. The van der Waals surface area contributed by atoms with Crippen LogP contribution in [0.1, 0.15) is 57.7 Å². The van der Waals surface area contributed by atoms with Crippen LogP contribution in [0.25, 0.3) is 5.65 Å². The van der Waals surface area contributed by atoms with Crippen molar-refractivity contribution < 1.29 is 19.1 Å². The van der Waals surface area contributed by atoms with Gasteiger partial charge in [0.15, 0.2) is 11.5 Å². The van der Waals surface area contributed by atoms with Gasteiger partial charge in [0.05, 0.1) is 23.9 Å². The lowest BCUT2D eigenvalue weighted by Crippen LogP contribution is -2.56. The molecule has 1 aromatic carbocycles. The molecular weight excluding hydrogens is 597 g/mol. The standard InChI is InChI=1S/C25H31ClIN5O4/c1-24(2,3)36-23(34)29-25(4,5)22(33)28-18(15-35-14-16-9-7-6-8-10-16)21-31-30-20-12-11-17(26)19(13-27)32(20)21/h6-12,18H,13-15H2,1-5H3,(H,28,33)(H,29,34)/t18-/m1/s1. The lowest BCUT2D eigenvalue weighted by atomic mass is 10.0. The quantitative estimate of drug-likeness (QED) is 0.256. The number of pyridine rings is 1. The average molecular weight is 628 g/mol. The lowest BCUT2D eigenvalue weighted by Gasteiger charge is -2.29. The Bertz CT molecular complexity index is 1210. The molecule has 2 N–H and O–H groups in total. The second-order valence-electron chi connectivity index (χ2n) is 9.79. The van der Waals surface area contributed by atoms with Crippen molar-refractivity contribution in [1.29, 1.82) is 0 Å². The first-order valence-corrected chi connectivity index (χ1v) is 13.3. The van der Waals surface area contributed by atoms with E-state index in [0.29, 0.717) is 27.5 Å². The van der Waals surface area contributed by atoms with E-state index in [9.17, 15) is 9.59 Å². The van der Waals surface area contributed by atoms with E-state index in [1.54, 1.807) is 46.8 Å². The average Bonchev–Trinajstić information content (AvgIpc) is 3.21. The smallest absolute Gasteiger partial charge is 0.408 e. The van der Waals surface area contributed by atoms with Crippen LogP contribution in [-0.2, 0) is 25.3 Å². The van der Waals surface area contributed by atoms with E-state index in [1.807, 2.05) is 34.7 Å². The molecule has 0 saturated heterocycles. The Hall–Kier alpha value is -2.44. The SMILES string of the molecule is CC(C)(C)OC(=O)NC(C)(C)C(=O)N[C@H](COCc1ccccc1)c1nnc2ccc(Cl)c(CI)n12. The second-order valence-corrected chi connectivity index (χ2v) is 11.0. The van der Waals surface area contributed by atoms with Crippen LogP contribution in [0.15, 0.2) is 42.5 Å². The molecule has 1 atom stereocenters. The number of aromatic nitrogens is 3. The van der Waals surface area contributed by atoms with Crippen LogP contribution in [0.4, 0.5) is 4.79 Å². The van der Waals surface area contributed by atoms with Crippen molar-refractivity contribution in [2.24, 2.45) is 0 Å². The highest BCUT2D eigenvalue weighted by atomic mass is 127. The molecule has 0 aliphatic carbocycles. The molecule has 0 spiro atoms. The van der Waals surface area contributed by atoms with E-state index >= 15 is 0 Å². The maximum absolute atomic E-state index is 13.3. The number of hydrogen-bond acceptors (Lipinski definition) is 6. The first-order valence-electron chi connectivity index (χ1n) is 11.4. The molecule has 194 valence electrons. The minimum atomic E-state index is -1.27. The van der Waals surface area contributed by atoms with Gasteiger partial charge in [-0.2, -0.15) is 0 Å². The van der Waals surface area contributed by atoms with E-state index in [1.165, 1.54) is 0 Å². The predicted octanol–water partition coefficient (Wildman–Crippen LogP) is 5.00. The van der Waals surface area contributed by atoms with Crippen LogP contribution in [0.2, 0.25) is 5.02 Å². The van der Waals surface area contributed by atoms with Crippen molar-refractivity contribution in [2.75, 3.05) is 6.61 Å². The Labute approximate surface area is 229 Å². The van der Waals surface area contributed by atoms with Crippen molar-refractivity contribution in [1.82, 2.24) is 25.2 Å². The molecule has 2 aromatic heterocycles. The minimum Gasteiger partial charge on any atom is -0.444 e. The molecular formula is C25H31ClIN5O4. The molecule has 0 aliphatic heterocycles. The molecule has 0 aliphatic rings. The van der Waals surface area contributed by atoms with Gasteiger partial charge in [0.25, 0.3) is 0 Å². The molecule has 2 amide bonds. The number of benzene rings is 1. The number of halogens is 2. The van der Waals surface area contributed by atoms with Gasteiger partial charge in [-0.3, -0.25) is 9.20 Å². The van der Waals surface area contributed by atoms with Crippen LogP contribution in [0.3, 0.4) is 0 Å². The number of alkyl carbamates (subject to hydrolysis) is 1. The number of hydrogen-bond donors (Lipinski definition) is 2. The zero-order valence-corrected chi connectivity index (χ0v) is 23.9. The molecule has 0 saturated carbocycles. The predicted molar refractivity (Wildman–Crippen MR) is 146 cm³/mol. The van der Waals surface area contributed by atoms with Gasteiger partial charge in [-0.25, -0.2) is 4.79 Å². The van der Waals surface area contributed by atoms with Crippen LogP contribution in [0, 0.1) is 0 Å². The molecule has 11 heteroatoms. The summed E-state index contributed by atoms with van der Waals surface area (Å²) in [6.07, 6.45) is -0.688. The summed E-state index contributed by atoms with van der Waals surface area (Å²) in [7, 11) is 0. The summed E-state index contributed by atoms with van der Waals surface area (Å²) in [6.45, 7) is 8.94. The Kier molecular flexibility index (Phi) is 9.18. The van der Waals surface area contributed by atoms with Crippen LogP contribution in [-0.4, -0.2) is 44.3 Å². The molecule has 3 aromatic rings. The van der Waals surface area contributed by atoms with Crippen molar-refractivity contribution in [2.45, 2.75) is 62.8 Å². The fourth-order valence-electron chi connectivity index (χ4n) is 3.40. The van der Waals surface area contributed by atoms with Gasteiger partial charge in [-0.1, -0.05) is 64.5 Å². The Morgan fingerprint density at radius 2 is 1.78 bits per heavy atom. The molecule has 0 radical (unpaired) electrons. The number of amides is 2. The first kappa shape index (κ1) is 28.1. The lowest BCUT2D eigenvalue weighted by molar-refractivity contribution is -0.127. The van der Waals surface area contributed by atoms with Crippen LogP contribution < -0.4 is 10.6 Å². The van der Waals surface area contributed by atoms with Gasteiger partial charge in [0.1, 0.15) is 17.2 Å². The highest BCUT2D eigenvalue weighted by Crippen LogP contribution is 2.25. The number of alkyl halides is 1. The van der Waals surface area contributed by atoms with Crippen molar-refractivity contribution in [3.8, 4) is 0 Å². The highest BCUT2D eigenvalue weighted by molar-refractivity contribution is 14.1. The van der Waals surface area contributed by atoms with E-state index in [-0.39, 0.29) is 6.61 Å². The number of carbonyl (C=O) groups is 2. The van der Waals surface area contributed by atoms with E-state index in [0.717, 1.165) is 11.3 Å². The summed E-state index contributed by atoms with van der Waals surface area (Å²) in [5, 5.41) is 14.8. The van der Waals surface area contributed by atoms with Crippen molar-refractivity contribution in [3.05, 3.63) is 64.6 Å². The normalized spacial score (nSPS) is 12.9. The van der Waals surface area contributed by atoms with Gasteiger partial charge < -0.3 is 20.1 Å². The fourth-order valence-corrected chi connectivity index (χ4v) is 4.59. The summed E-state index contributed by atoms with van der Waals surface area (Å²) in [5.74, 6) is 0.0464. The van der Waals surface area contributed by atoms with Gasteiger partial charge in [0, 0.05) is 4.43 Å². The Morgan fingerprint density at radius 3 is 2.42 bits per heavy atom. The fraction of sp³-hybridized carbons (Fsp3) is 0.440. The third-order valence-corrected chi connectivity index (χ3v) is 6.22. The molecule has 36 heavy (non-hydrogen) atoms. The van der Waals surface area contributed by atoms with Crippen molar-refractivity contribution >= 4 is 51.8 Å². The molecule has 3 rings (SSSR count). The largest absolute Gasteiger partial charge is 0.444 e. The third kappa shape index (κ3) is 7.30. The highest BCUT2D eigenvalue weighted by Gasteiger charge is 2.34. The molecule has 0 fully saturated rings. The Balaban J connectivity index is 1.87. The number of carbonyl (C=O) groups excluding carboxylic acids is 2. The number of nitrogens with zero attached hydrogens (tertiary/aromatic N) is 3. The number of rotatable bonds is 9. The minimum absolute atomic E-state index is 0.122. The third-order valence-electron chi connectivity index (χ3n) is 5.16. The van der Waals surface area contributed by atoms with Gasteiger partial charge in [-0.15, -0.1) is 10.2 Å². The van der Waals surface area contributed by atoms with Gasteiger partial charge in [-0.05, 0) is 52.3 Å². The van der Waals surface area contributed by atoms with E-state index in [4.69, 9.17) is 21.1 Å². The zero-order chi connectivity index (χ0) is 26.5. The zero-order valence-electron chi connectivity index (χ0n) is 21.0. The summed E-state index contributed by atoms with van der Waals surface area (Å²) in [5.41, 5.74) is 0.443. The number of fused-ring (bicyclic) bond motifs is 1. The second kappa shape index (κ2) is 11.7. The monoisotopic (exact) mass is 627 g/mol. The van der Waals surface area contributed by atoms with Crippen LogP contribution >= 0.6 is 34.2 Å². The number of ether oxygens (including phenoxy) is 2.